The predicted octanol–water partition coefficient (Wildman–Crippen LogP) is 2.19. The number of pyridine rings is 1. The van der Waals surface area contributed by atoms with E-state index in [0.29, 0.717) is 18.2 Å². The fourth-order valence-electron chi connectivity index (χ4n) is 1.58. The van der Waals surface area contributed by atoms with Crippen LogP contribution in [-0.2, 0) is 10.4 Å². The zero-order valence-electron chi connectivity index (χ0n) is 11.8. The van der Waals surface area contributed by atoms with E-state index < -0.39 is 11.6 Å². The average Bonchev–Trinajstić information content (AvgIpc) is 3.20. The van der Waals surface area contributed by atoms with Gasteiger partial charge in [-0.25, -0.2) is 9.78 Å². The summed E-state index contributed by atoms with van der Waals surface area (Å²) in [5, 5.41) is 9.98. The molecule has 0 radical (unpaired) electrons. The fraction of sp³-hybridized carbons (Fsp3) is 0.467. The van der Waals surface area contributed by atoms with Crippen molar-refractivity contribution >= 4 is 5.97 Å². The molecule has 1 aliphatic carbocycles. The maximum atomic E-state index is 11.3. The summed E-state index contributed by atoms with van der Waals surface area (Å²) in [7, 11) is 0. The van der Waals surface area contributed by atoms with Gasteiger partial charge in [-0.15, -0.1) is 0 Å². The highest BCUT2D eigenvalue weighted by Crippen LogP contribution is 2.33. The summed E-state index contributed by atoms with van der Waals surface area (Å²) in [4.78, 5) is 15.5. The second-order valence-corrected chi connectivity index (χ2v) is 5.44. The van der Waals surface area contributed by atoms with Gasteiger partial charge in [0.2, 0.25) is 0 Å². The Hall–Kier alpha value is -1.88. The largest absolute Gasteiger partial charge is 0.475 e. The van der Waals surface area contributed by atoms with E-state index in [2.05, 4.69) is 11.6 Å². The van der Waals surface area contributed by atoms with Crippen LogP contribution in [0, 0.1) is 5.92 Å². The van der Waals surface area contributed by atoms with Crippen molar-refractivity contribution in [2.45, 2.75) is 32.3 Å². The van der Waals surface area contributed by atoms with Crippen LogP contribution in [0.2, 0.25) is 0 Å². The number of carbonyl (C=O) groups excluding carboxylic acids is 1. The molecule has 0 atom stereocenters. The minimum absolute atomic E-state index is 0.228. The molecule has 5 heteroatoms. The Bertz CT molecular complexity index is 515. The van der Waals surface area contributed by atoms with Crippen molar-refractivity contribution in [3.05, 3.63) is 30.5 Å². The van der Waals surface area contributed by atoms with Gasteiger partial charge < -0.3 is 14.6 Å². The third-order valence-electron chi connectivity index (χ3n) is 2.98. The van der Waals surface area contributed by atoms with E-state index in [4.69, 9.17) is 9.47 Å². The summed E-state index contributed by atoms with van der Waals surface area (Å²) in [6.07, 6.45) is 3.37. The van der Waals surface area contributed by atoms with E-state index >= 15 is 0 Å². The Balaban J connectivity index is 2.23. The zero-order valence-corrected chi connectivity index (χ0v) is 11.8. The summed E-state index contributed by atoms with van der Waals surface area (Å²) in [5.74, 6) is 0.444. The van der Waals surface area contributed by atoms with Crippen LogP contribution >= 0.6 is 0 Å². The lowest BCUT2D eigenvalue weighted by Gasteiger charge is -2.18. The van der Waals surface area contributed by atoms with Crippen molar-refractivity contribution in [3.63, 3.8) is 0 Å². The molecular weight excluding hydrogens is 258 g/mol. The van der Waals surface area contributed by atoms with E-state index in [1.54, 1.807) is 26.0 Å². The van der Waals surface area contributed by atoms with Crippen LogP contribution in [0.3, 0.4) is 0 Å². The highest BCUT2D eigenvalue weighted by molar-refractivity contribution is 5.83. The van der Waals surface area contributed by atoms with E-state index in [1.807, 2.05) is 0 Å². The smallest absolute Gasteiger partial charge is 0.335 e. The maximum absolute atomic E-state index is 11.3. The van der Waals surface area contributed by atoms with Crippen molar-refractivity contribution in [1.82, 2.24) is 4.98 Å². The summed E-state index contributed by atoms with van der Waals surface area (Å²) in [6, 6.07) is 3.18. The summed E-state index contributed by atoms with van der Waals surface area (Å²) >= 11 is 0. The van der Waals surface area contributed by atoms with E-state index in [-0.39, 0.29) is 11.6 Å². The average molecular weight is 277 g/mol. The molecular formula is C15H19NO4. The minimum Gasteiger partial charge on any atom is -0.475 e. The molecule has 0 amide bonds. The van der Waals surface area contributed by atoms with Crippen LogP contribution in [0.5, 0.6) is 11.6 Å². The monoisotopic (exact) mass is 277 g/mol. The lowest BCUT2D eigenvalue weighted by atomic mass is 10.1. The molecule has 0 spiro atoms. The van der Waals surface area contributed by atoms with E-state index in [9.17, 15) is 9.90 Å². The number of carbonyl (C=O) groups is 1. The number of esters is 1. The van der Waals surface area contributed by atoms with Gasteiger partial charge in [-0.05, 0) is 44.7 Å². The molecule has 1 aliphatic rings. The molecule has 1 N–H and O–H groups in total. The third-order valence-corrected chi connectivity index (χ3v) is 2.98. The van der Waals surface area contributed by atoms with Crippen LogP contribution in [-0.4, -0.2) is 22.7 Å². The van der Waals surface area contributed by atoms with Crippen molar-refractivity contribution in [2.75, 3.05) is 6.61 Å². The lowest BCUT2D eigenvalue weighted by Crippen LogP contribution is -2.18. The van der Waals surface area contributed by atoms with Crippen LogP contribution in [0.4, 0.5) is 0 Å². The number of nitrogens with zero attached hydrogens (tertiary/aromatic N) is 1. The topological polar surface area (TPSA) is 68.7 Å². The zero-order chi connectivity index (χ0) is 14.8. The van der Waals surface area contributed by atoms with Gasteiger partial charge in [-0.2, -0.15) is 0 Å². The van der Waals surface area contributed by atoms with Crippen molar-refractivity contribution in [3.8, 4) is 11.6 Å². The van der Waals surface area contributed by atoms with Crippen LogP contribution in [0.1, 0.15) is 32.4 Å². The molecule has 5 nitrogen and oxygen atoms in total. The first kappa shape index (κ1) is 14.5. The molecule has 1 saturated carbocycles. The first-order valence-corrected chi connectivity index (χ1v) is 6.61. The number of rotatable bonds is 6. The first-order valence-electron chi connectivity index (χ1n) is 6.61. The molecule has 20 heavy (non-hydrogen) atoms. The number of aliphatic hydroxyl groups is 1. The van der Waals surface area contributed by atoms with Crippen molar-refractivity contribution in [1.29, 1.82) is 0 Å². The third kappa shape index (κ3) is 3.81. The van der Waals surface area contributed by atoms with Crippen molar-refractivity contribution < 1.29 is 19.4 Å². The lowest BCUT2D eigenvalue weighted by molar-refractivity contribution is -0.129. The van der Waals surface area contributed by atoms with Gasteiger partial charge in [0, 0.05) is 6.08 Å². The molecule has 0 saturated heterocycles. The van der Waals surface area contributed by atoms with Crippen LogP contribution in [0.25, 0.3) is 0 Å². The minimum atomic E-state index is -1.08. The van der Waals surface area contributed by atoms with Gasteiger partial charge in [-0.3, -0.25) is 0 Å². The second kappa shape index (κ2) is 5.63. The fourth-order valence-corrected chi connectivity index (χ4v) is 1.58. The molecule has 1 aromatic heterocycles. The highest BCUT2D eigenvalue weighted by Gasteiger charge is 2.25. The van der Waals surface area contributed by atoms with Gasteiger partial charge in [0.05, 0.1) is 12.3 Å². The number of ether oxygens (including phenoxy) is 2. The van der Waals surface area contributed by atoms with Gasteiger partial charge in [0.15, 0.2) is 5.75 Å². The SMILES string of the molecule is C=CC(=O)Oc1ccc(C(C)(C)O)nc1OCC1CC1. The van der Waals surface area contributed by atoms with Gasteiger partial charge in [0.1, 0.15) is 5.60 Å². The Morgan fingerprint density at radius 2 is 2.25 bits per heavy atom. The standard InChI is InChI=1S/C15H19NO4/c1-4-13(17)20-11-7-8-12(15(2,3)18)16-14(11)19-9-10-5-6-10/h4,7-8,10,18H,1,5-6,9H2,2-3H3. The van der Waals surface area contributed by atoms with Crippen molar-refractivity contribution in [2.24, 2.45) is 5.92 Å². The second-order valence-electron chi connectivity index (χ2n) is 5.44. The molecule has 108 valence electrons. The molecule has 1 heterocycles. The highest BCUT2D eigenvalue weighted by atomic mass is 16.6. The molecule has 1 fully saturated rings. The molecule has 0 unspecified atom stereocenters. The van der Waals surface area contributed by atoms with E-state index in [1.165, 1.54) is 0 Å². The number of hydrogen-bond donors (Lipinski definition) is 1. The number of hydrogen-bond acceptors (Lipinski definition) is 5. The summed E-state index contributed by atoms with van der Waals surface area (Å²) in [6.45, 7) is 7.16. The molecule has 0 bridgehead atoms. The van der Waals surface area contributed by atoms with Crippen LogP contribution in [0.15, 0.2) is 24.8 Å². The molecule has 2 rings (SSSR count). The Morgan fingerprint density at radius 1 is 1.55 bits per heavy atom. The maximum Gasteiger partial charge on any atom is 0.335 e. The van der Waals surface area contributed by atoms with Gasteiger partial charge in [-0.1, -0.05) is 6.58 Å². The Morgan fingerprint density at radius 3 is 2.80 bits per heavy atom. The van der Waals surface area contributed by atoms with Crippen LogP contribution < -0.4 is 9.47 Å². The summed E-state index contributed by atoms with van der Waals surface area (Å²) in [5.41, 5.74) is -0.625. The molecule has 1 aromatic rings. The molecule has 0 aliphatic heterocycles. The predicted molar refractivity (Wildman–Crippen MR) is 73.5 cm³/mol. The Labute approximate surface area is 118 Å². The van der Waals surface area contributed by atoms with Gasteiger partial charge >= 0.3 is 5.97 Å². The normalized spacial score (nSPS) is 14.8. The van der Waals surface area contributed by atoms with E-state index in [0.717, 1.165) is 18.9 Å². The quantitative estimate of drug-likeness (QED) is 0.637. The Kier molecular flexibility index (Phi) is 4.09. The molecule has 0 aromatic carbocycles. The first-order chi connectivity index (χ1) is 9.40. The van der Waals surface area contributed by atoms with Gasteiger partial charge in [0.25, 0.3) is 5.88 Å². The number of aromatic nitrogens is 1. The summed E-state index contributed by atoms with van der Waals surface area (Å²) < 4.78 is 10.7.